The van der Waals surface area contributed by atoms with Gasteiger partial charge in [0.15, 0.2) is 0 Å². The van der Waals surface area contributed by atoms with E-state index in [9.17, 15) is 14.0 Å². The zero-order valence-corrected chi connectivity index (χ0v) is 14.1. The van der Waals surface area contributed by atoms with Gasteiger partial charge in [-0.05, 0) is 25.5 Å². The Hall–Kier alpha value is -2.90. The van der Waals surface area contributed by atoms with Crippen molar-refractivity contribution in [1.29, 1.82) is 0 Å². The summed E-state index contributed by atoms with van der Waals surface area (Å²) in [5.41, 5.74) is 2.11. The highest BCUT2D eigenvalue weighted by Gasteiger charge is 2.34. The maximum Gasteiger partial charge on any atom is 0.315 e. The number of anilines is 1. The summed E-state index contributed by atoms with van der Waals surface area (Å²) in [4.78, 5) is 25.8. The van der Waals surface area contributed by atoms with Gasteiger partial charge in [0.2, 0.25) is 5.91 Å². The van der Waals surface area contributed by atoms with Crippen LogP contribution in [0.3, 0.4) is 0 Å². The van der Waals surface area contributed by atoms with Crippen molar-refractivity contribution in [2.45, 2.75) is 25.9 Å². The normalized spacial score (nSPS) is 17.0. The van der Waals surface area contributed by atoms with Crippen molar-refractivity contribution >= 4 is 17.6 Å². The number of rotatable bonds is 4. The molecule has 0 bridgehead atoms. The molecule has 1 aliphatic heterocycles. The number of carbonyl (C=O) groups excluding carboxylic acids is 2. The summed E-state index contributed by atoms with van der Waals surface area (Å²) in [7, 11) is 1.83. The van der Waals surface area contributed by atoms with Crippen molar-refractivity contribution in [2.24, 2.45) is 7.05 Å². The first-order valence-corrected chi connectivity index (χ1v) is 8.05. The van der Waals surface area contributed by atoms with Crippen LogP contribution in [0.5, 0.6) is 0 Å². The molecule has 0 radical (unpaired) electrons. The van der Waals surface area contributed by atoms with E-state index in [0.29, 0.717) is 19.5 Å². The number of nitrogens with one attached hydrogen (secondary N) is 2. The average molecular weight is 345 g/mol. The lowest BCUT2D eigenvalue weighted by Gasteiger charge is -2.18. The number of urea groups is 1. The van der Waals surface area contributed by atoms with Crippen molar-refractivity contribution in [1.82, 2.24) is 20.4 Å². The van der Waals surface area contributed by atoms with Gasteiger partial charge in [0.05, 0.1) is 11.9 Å². The number of amides is 3. The number of aryl methyl sites for hydroxylation is 1. The van der Waals surface area contributed by atoms with Crippen molar-refractivity contribution in [2.75, 3.05) is 11.4 Å². The molecule has 1 saturated heterocycles. The molecule has 132 valence electrons. The number of aromatic nitrogens is 2. The average Bonchev–Trinajstić information content (AvgIpc) is 3.10. The number of benzene rings is 1. The van der Waals surface area contributed by atoms with E-state index >= 15 is 0 Å². The van der Waals surface area contributed by atoms with E-state index in [-0.39, 0.29) is 11.6 Å². The first-order valence-electron chi connectivity index (χ1n) is 8.05. The van der Waals surface area contributed by atoms with Gasteiger partial charge < -0.3 is 15.5 Å². The second kappa shape index (κ2) is 6.92. The Bertz CT molecular complexity index is 804. The Balaban J connectivity index is 1.57. The molecule has 25 heavy (non-hydrogen) atoms. The maximum atomic E-state index is 13.9. The molecule has 1 aliphatic rings. The predicted molar refractivity (Wildman–Crippen MR) is 90.5 cm³/mol. The second-order valence-electron chi connectivity index (χ2n) is 5.99. The summed E-state index contributed by atoms with van der Waals surface area (Å²) in [5, 5.41) is 9.48. The van der Waals surface area contributed by atoms with Gasteiger partial charge in [0.25, 0.3) is 0 Å². The molecule has 1 fully saturated rings. The van der Waals surface area contributed by atoms with Gasteiger partial charge >= 0.3 is 6.03 Å². The van der Waals surface area contributed by atoms with Gasteiger partial charge in [-0.25, -0.2) is 9.18 Å². The van der Waals surface area contributed by atoms with Crippen LogP contribution in [-0.2, 0) is 18.4 Å². The smallest absolute Gasteiger partial charge is 0.315 e. The zero-order chi connectivity index (χ0) is 18.0. The predicted octanol–water partition coefficient (Wildman–Crippen LogP) is 1.47. The van der Waals surface area contributed by atoms with Gasteiger partial charge in [-0.2, -0.15) is 5.10 Å². The topological polar surface area (TPSA) is 79.3 Å². The Morgan fingerprint density at radius 2 is 2.16 bits per heavy atom. The van der Waals surface area contributed by atoms with Crippen LogP contribution in [0, 0.1) is 12.7 Å². The molecular formula is C17H20FN5O2. The highest BCUT2D eigenvalue weighted by molar-refractivity contribution is 6.01. The fraction of sp³-hybridized carbons (Fsp3) is 0.353. The molecular weight excluding hydrogens is 325 g/mol. The van der Waals surface area contributed by atoms with Crippen LogP contribution >= 0.6 is 0 Å². The fourth-order valence-electron chi connectivity index (χ4n) is 2.83. The summed E-state index contributed by atoms with van der Waals surface area (Å²) in [6, 6.07) is 5.03. The maximum absolute atomic E-state index is 13.9. The second-order valence-corrected chi connectivity index (χ2v) is 5.99. The van der Waals surface area contributed by atoms with Crippen LogP contribution in [0.1, 0.15) is 17.7 Å². The molecule has 0 spiro atoms. The Morgan fingerprint density at radius 1 is 1.40 bits per heavy atom. The van der Waals surface area contributed by atoms with E-state index in [0.717, 1.165) is 11.3 Å². The molecule has 2 heterocycles. The largest absolute Gasteiger partial charge is 0.334 e. The molecule has 1 aromatic heterocycles. The zero-order valence-electron chi connectivity index (χ0n) is 14.1. The standard InChI is InChI=1S/C17H20FN5O2/c1-11-12(10-20-22(11)2)9-19-17(25)21-14-7-8-23(16(14)24)15-6-4-3-5-13(15)18/h3-6,10,14H,7-9H2,1-2H3,(H2,19,21,25)/t14-/m0/s1. The minimum atomic E-state index is -0.658. The van der Waals surface area contributed by atoms with E-state index < -0.39 is 17.9 Å². The number of carbonyl (C=O) groups is 2. The molecule has 1 atom stereocenters. The Morgan fingerprint density at radius 3 is 2.84 bits per heavy atom. The lowest BCUT2D eigenvalue weighted by atomic mass is 10.2. The number of nitrogens with zero attached hydrogens (tertiary/aromatic N) is 3. The van der Waals surface area contributed by atoms with Crippen LogP contribution in [-0.4, -0.2) is 34.3 Å². The lowest BCUT2D eigenvalue weighted by Crippen LogP contribution is -2.46. The number of hydrogen-bond donors (Lipinski definition) is 2. The van der Waals surface area contributed by atoms with Crippen LogP contribution in [0.15, 0.2) is 30.5 Å². The van der Waals surface area contributed by atoms with Gasteiger partial charge in [-0.15, -0.1) is 0 Å². The molecule has 0 saturated carbocycles. The van der Waals surface area contributed by atoms with E-state index in [1.54, 1.807) is 29.1 Å². The third kappa shape index (κ3) is 3.47. The first-order chi connectivity index (χ1) is 12.0. The van der Waals surface area contributed by atoms with Crippen molar-refractivity contribution in [3.8, 4) is 0 Å². The molecule has 3 rings (SSSR count). The molecule has 2 aromatic rings. The molecule has 0 aliphatic carbocycles. The summed E-state index contributed by atoms with van der Waals surface area (Å²) in [6.07, 6.45) is 2.13. The van der Waals surface area contributed by atoms with Crippen LogP contribution in [0.2, 0.25) is 0 Å². The van der Waals surface area contributed by atoms with Crippen molar-refractivity contribution < 1.29 is 14.0 Å². The summed E-state index contributed by atoms with van der Waals surface area (Å²) in [5.74, 6) is -0.759. The first kappa shape index (κ1) is 16.9. The summed E-state index contributed by atoms with van der Waals surface area (Å²) in [6.45, 7) is 2.60. The molecule has 3 amide bonds. The Kier molecular flexibility index (Phi) is 4.69. The quantitative estimate of drug-likeness (QED) is 0.881. The molecule has 0 unspecified atom stereocenters. The molecule has 2 N–H and O–H groups in total. The molecule has 1 aromatic carbocycles. The summed E-state index contributed by atoms with van der Waals surface area (Å²) < 4.78 is 15.6. The number of para-hydroxylation sites is 1. The third-order valence-corrected chi connectivity index (χ3v) is 4.43. The number of halogens is 1. The highest BCUT2D eigenvalue weighted by atomic mass is 19.1. The SMILES string of the molecule is Cc1c(CNC(=O)N[C@H]2CCN(c3ccccc3F)C2=O)cnn1C. The van der Waals surface area contributed by atoms with Gasteiger partial charge in [0.1, 0.15) is 11.9 Å². The van der Waals surface area contributed by atoms with Gasteiger partial charge in [-0.1, -0.05) is 12.1 Å². The van der Waals surface area contributed by atoms with Crippen LogP contribution in [0.25, 0.3) is 0 Å². The van der Waals surface area contributed by atoms with E-state index in [4.69, 9.17) is 0 Å². The monoisotopic (exact) mass is 345 g/mol. The molecule has 8 heteroatoms. The van der Waals surface area contributed by atoms with Crippen LogP contribution in [0.4, 0.5) is 14.9 Å². The number of hydrogen-bond acceptors (Lipinski definition) is 3. The van der Waals surface area contributed by atoms with E-state index in [1.807, 2.05) is 14.0 Å². The highest BCUT2D eigenvalue weighted by Crippen LogP contribution is 2.24. The fourth-order valence-corrected chi connectivity index (χ4v) is 2.83. The Labute approximate surface area is 144 Å². The minimum Gasteiger partial charge on any atom is -0.334 e. The lowest BCUT2D eigenvalue weighted by molar-refractivity contribution is -0.118. The molecule has 7 nitrogen and oxygen atoms in total. The third-order valence-electron chi connectivity index (χ3n) is 4.43. The van der Waals surface area contributed by atoms with Gasteiger partial charge in [-0.3, -0.25) is 9.48 Å². The minimum absolute atomic E-state index is 0.239. The van der Waals surface area contributed by atoms with E-state index in [1.165, 1.54) is 11.0 Å². The summed E-state index contributed by atoms with van der Waals surface area (Å²) >= 11 is 0. The van der Waals surface area contributed by atoms with E-state index in [2.05, 4.69) is 15.7 Å². The van der Waals surface area contributed by atoms with Gasteiger partial charge in [0, 0.05) is 31.4 Å². The van der Waals surface area contributed by atoms with Crippen LogP contribution < -0.4 is 15.5 Å². The van der Waals surface area contributed by atoms with Crippen molar-refractivity contribution in [3.05, 3.63) is 47.5 Å². The van der Waals surface area contributed by atoms with Crippen molar-refractivity contribution in [3.63, 3.8) is 0 Å².